The van der Waals surface area contributed by atoms with Crippen LogP contribution in [-0.4, -0.2) is 6.21 Å². The van der Waals surface area contributed by atoms with Gasteiger partial charge in [0.25, 0.3) is 0 Å². The number of hydrogen-bond acceptors (Lipinski definition) is 2. The molecule has 0 fully saturated rings. The minimum atomic E-state index is 0.154. The van der Waals surface area contributed by atoms with E-state index in [9.17, 15) is 0 Å². The summed E-state index contributed by atoms with van der Waals surface area (Å²) in [5.74, 6) is 0. The van der Waals surface area contributed by atoms with E-state index in [1.54, 1.807) is 0 Å². The van der Waals surface area contributed by atoms with E-state index in [-0.39, 0.29) is 6.04 Å². The number of nitrogens with zero attached hydrogens (tertiary/aromatic N) is 1. The maximum atomic E-state index is 5.94. The summed E-state index contributed by atoms with van der Waals surface area (Å²) in [7, 11) is 0. The van der Waals surface area contributed by atoms with Crippen molar-refractivity contribution in [2.45, 2.75) is 25.8 Å². The summed E-state index contributed by atoms with van der Waals surface area (Å²) in [6, 6.07) is 6.50. The van der Waals surface area contributed by atoms with Crippen molar-refractivity contribution in [3.05, 3.63) is 29.3 Å². The predicted octanol–water partition coefficient (Wildman–Crippen LogP) is 2.35. The highest BCUT2D eigenvalue weighted by molar-refractivity contribution is 5.76. The highest BCUT2D eigenvalue weighted by atomic mass is 14.7. The van der Waals surface area contributed by atoms with Crippen LogP contribution >= 0.6 is 0 Å². The van der Waals surface area contributed by atoms with E-state index in [4.69, 9.17) is 5.73 Å². The van der Waals surface area contributed by atoms with E-state index in [2.05, 4.69) is 30.1 Å². The fraction of sp³-hybridized carbons (Fsp3) is 0.364. The largest absolute Gasteiger partial charge is 0.324 e. The van der Waals surface area contributed by atoms with Crippen LogP contribution in [0.4, 0.5) is 5.69 Å². The van der Waals surface area contributed by atoms with Crippen LogP contribution in [0, 0.1) is 0 Å². The summed E-state index contributed by atoms with van der Waals surface area (Å²) in [6.07, 6.45) is 3.89. The molecule has 2 N–H and O–H groups in total. The summed E-state index contributed by atoms with van der Waals surface area (Å²) in [4.78, 5) is 4.30. The van der Waals surface area contributed by atoms with Crippen molar-refractivity contribution in [3.63, 3.8) is 0 Å². The van der Waals surface area contributed by atoms with Crippen LogP contribution in [0.15, 0.2) is 23.2 Å². The van der Waals surface area contributed by atoms with Gasteiger partial charge in [-0.15, -0.1) is 0 Å². The Labute approximate surface area is 78.5 Å². The minimum Gasteiger partial charge on any atom is -0.324 e. The van der Waals surface area contributed by atoms with Crippen molar-refractivity contribution in [1.29, 1.82) is 0 Å². The maximum Gasteiger partial charge on any atom is 0.0664 e. The van der Waals surface area contributed by atoms with Crippen LogP contribution in [0.2, 0.25) is 0 Å². The van der Waals surface area contributed by atoms with Crippen LogP contribution in [0.5, 0.6) is 0 Å². The van der Waals surface area contributed by atoms with Gasteiger partial charge >= 0.3 is 0 Å². The van der Waals surface area contributed by atoms with Gasteiger partial charge in [0.2, 0.25) is 0 Å². The van der Waals surface area contributed by atoms with Crippen molar-refractivity contribution in [2.75, 3.05) is 0 Å². The first kappa shape index (κ1) is 8.45. The molecule has 1 heterocycles. The quantitative estimate of drug-likeness (QED) is 0.734. The van der Waals surface area contributed by atoms with E-state index in [1.165, 1.54) is 11.1 Å². The molecule has 1 unspecified atom stereocenters. The van der Waals surface area contributed by atoms with E-state index in [1.807, 2.05) is 6.21 Å². The molecule has 1 aromatic rings. The third kappa shape index (κ3) is 1.49. The molecule has 1 aliphatic rings. The average molecular weight is 174 g/mol. The van der Waals surface area contributed by atoms with Crippen LogP contribution in [0.1, 0.15) is 30.5 Å². The van der Waals surface area contributed by atoms with Gasteiger partial charge in [0.15, 0.2) is 0 Å². The SMILES string of the molecule is CCC(N)c1ccc2c(c1)N=CC2. The van der Waals surface area contributed by atoms with Crippen molar-refractivity contribution < 1.29 is 0 Å². The molecule has 2 nitrogen and oxygen atoms in total. The molecule has 0 aromatic heterocycles. The summed E-state index contributed by atoms with van der Waals surface area (Å²) >= 11 is 0. The molecule has 1 atom stereocenters. The van der Waals surface area contributed by atoms with E-state index >= 15 is 0 Å². The van der Waals surface area contributed by atoms with Gasteiger partial charge in [-0.1, -0.05) is 19.1 Å². The molecule has 0 bridgehead atoms. The molecular weight excluding hydrogens is 160 g/mol. The standard InChI is InChI=1S/C11H14N2/c1-2-10(12)9-4-3-8-5-6-13-11(8)7-9/h3-4,6-7,10H,2,5,12H2,1H3. The molecule has 68 valence electrons. The fourth-order valence-corrected chi connectivity index (χ4v) is 1.58. The van der Waals surface area contributed by atoms with E-state index in [0.717, 1.165) is 18.5 Å². The first-order valence-electron chi connectivity index (χ1n) is 4.72. The van der Waals surface area contributed by atoms with Crippen molar-refractivity contribution in [3.8, 4) is 0 Å². The molecule has 2 rings (SSSR count). The number of fused-ring (bicyclic) bond motifs is 1. The van der Waals surface area contributed by atoms with Crippen LogP contribution in [-0.2, 0) is 6.42 Å². The Morgan fingerprint density at radius 3 is 3.15 bits per heavy atom. The van der Waals surface area contributed by atoms with Crippen molar-refractivity contribution in [2.24, 2.45) is 10.7 Å². The summed E-state index contributed by atoms with van der Waals surface area (Å²) in [6.45, 7) is 2.10. The Hall–Kier alpha value is -1.15. The molecule has 0 aliphatic carbocycles. The first-order chi connectivity index (χ1) is 6.31. The molecule has 2 heteroatoms. The van der Waals surface area contributed by atoms with Crippen LogP contribution < -0.4 is 5.73 Å². The average Bonchev–Trinajstić information content (AvgIpc) is 2.63. The van der Waals surface area contributed by atoms with Crippen molar-refractivity contribution in [1.82, 2.24) is 0 Å². The molecular formula is C11H14N2. The summed E-state index contributed by atoms with van der Waals surface area (Å²) in [5, 5.41) is 0. The zero-order valence-corrected chi connectivity index (χ0v) is 7.83. The van der Waals surface area contributed by atoms with Gasteiger partial charge < -0.3 is 5.73 Å². The lowest BCUT2D eigenvalue weighted by Crippen LogP contribution is -2.08. The van der Waals surface area contributed by atoms with Crippen LogP contribution in [0.25, 0.3) is 0 Å². The van der Waals surface area contributed by atoms with Gasteiger partial charge in [0.05, 0.1) is 5.69 Å². The lowest BCUT2D eigenvalue weighted by Gasteiger charge is -2.09. The molecule has 0 saturated heterocycles. The molecule has 0 spiro atoms. The smallest absolute Gasteiger partial charge is 0.0664 e. The molecule has 1 aromatic carbocycles. The van der Waals surface area contributed by atoms with Gasteiger partial charge in [-0.3, -0.25) is 4.99 Å². The topological polar surface area (TPSA) is 38.4 Å². The monoisotopic (exact) mass is 174 g/mol. The normalized spacial score (nSPS) is 15.8. The number of nitrogens with two attached hydrogens (primary N) is 1. The Bertz CT molecular complexity index is 342. The van der Waals surface area contributed by atoms with E-state index < -0.39 is 0 Å². The van der Waals surface area contributed by atoms with Gasteiger partial charge in [0.1, 0.15) is 0 Å². The Balaban J connectivity index is 2.35. The molecule has 0 radical (unpaired) electrons. The molecule has 1 aliphatic heterocycles. The number of hydrogen-bond donors (Lipinski definition) is 1. The molecule has 13 heavy (non-hydrogen) atoms. The van der Waals surface area contributed by atoms with Gasteiger partial charge in [0, 0.05) is 18.7 Å². The maximum absolute atomic E-state index is 5.94. The van der Waals surface area contributed by atoms with E-state index in [0.29, 0.717) is 0 Å². The highest BCUT2D eigenvalue weighted by Crippen LogP contribution is 2.27. The lowest BCUT2D eigenvalue weighted by molar-refractivity contribution is 0.699. The third-order valence-corrected chi connectivity index (χ3v) is 2.52. The Kier molecular flexibility index (Phi) is 2.15. The summed E-state index contributed by atoms with van der Waals surface area (Å²) in [5.41, 5.74) is 9.54. The van der Waals surface area contributed by atoms with Gasteiger partial charge in [-0.05, 0) is 23.6 Å². The Morgan fingerprint density at radius 2 is 2.38 bits per heavy atom. The number of benzene rings is 1. The first-order valence-corrected chi connectivity index (χ1v) is 4.72. The number of rotatable bonds is 2. The highest BCUT2D eigenvalue weighted by Gasteiger charge is 2.09. The van der Waals surface area contributed by atoms with Crippen LogP contribution in [0.3, 0.4) is 0 Å². The van der Waals surface area contributed by atoms with Gasteiger partial charge in [-0.25, -0.2) is 0 Å². The summed E-state index contributed by atoms with van der Waals surface area (Å²) < 4.78 is 0. The zero-order chi connectivity index (χ0) is 9.26. The number of aliphatic imine (C=N–C) groups is 1. The zero-order valence-electron chi connectivity index (χ0n) is 7.83. The van der Waals surface area contributed by atoms with Crippen molar-refractivity contribution >= 4 is 11.9 Å². The lowest BCUT2D eigenvalue weighted by atomic mass is 10.0. The third-order valence-electron chi connectivity index (χ3n) is 2.52. The molecule has 0 amide bonds. The minimum absolute atomic E-state index is 0.154. The second-order valence-electron chi connectivity index (χ2n) is 3.42. The van der Waals surface area contributed by atoms with Gasteiger partial charge in [-0.2, -0.15) is 0 Å². The predicted molar refractivity (Wildman–Crippen MR) is 55.5 cm³/mol. The Morgan fingerprint density at radius 1 is 1.54 bits per heavy atom. The molecule has 0 saturated carbocycles. The second-order valence-corrected chi connectivity index (χ2v) is 3.42. The fourth-order valence-electron chi connectivity index (χ4n) is 1.58. The second kappa shape index (κ2) is 3.30.